The van der Waals surface area contributed by atoms with Gasteiger partial charge in [0, 0.05) is 48.2 Å². The maximum atomic E-state index is 12.6. The minimum atomic E-state index is -0.616. The van der Waals surface area contributed by atoms with Crippen molar-refractivity contribution in [3.8, 4) is 5.75 Å². The van der Waals surface area contributed by atoms with Crippen LogP contribution in [0, 0.1) is 0 Å². The van der Waals surface area contributed by atoms with E-state index in [-0.39, 0.29) is 30.6 Å². The van der Waals surface area contributed by atoms with Crippen molar-refractivity contribution in [2.24, 2.45) is 0 Å². The van der Waals surface area contributed by atoms with Gasteiger partial charge in [-0.1, -0.05) is 55.0 Å². The number of ether oxygens (including phenoxy) is 3. The monoisotopic (exact) mass is 592 g/mol. The summed E-state index contributed by atoms with van der Waals surface area (Å²) in [5.74, 6) is 1.46. The van der Waals surface area contributed by atoms with Gasteiger partial charge in [-0.2, -0.15) is 0 Å². The van der Waals surface area contributed by atoms with Crippen molar-refractivity contribution in [2.75, 3.05) is 24.7 Å². The van der Waals surface area contributed by atoms with Crippen LogP contribution < -0.4 is 15.4 Å². The number of para-hydroxylation sites is 1. The number of benzene rings is 3. The molecule has 2 amide bonds. The zero-order valence-corrected chi connectivity index (χ0v) is 25.0. The molecule has 1 heterocycles. The van der Waals surface area contributed by atoms with Crippen LogP contribution in [-0.2, 0) is 25.7 Å². The zero-order chi connectivity index (χ0) is 29.7. The van der Waals surface area contributed by atoms with Crippen LogP contribution in [-0.4, -0.2) is 42.4 Å². The first kappa shape index (κ1) is 31.6. The first-order chi connectivity index (χ1) is 20.4. The number of aliphatic hydroxyl groups excluding tert-OH is 1. The largest absolute Gasteiger partial charge is 0.496 e. The number of hydrogen-bond acceptors (Lipinski definition) is 7. The second-order valence-corrected chi connectivity index (χ2v) is 11.3. The van der Waals surface area contributed by atoms with Gasteiger partial charge in [0.25, 0.3) is 0 Å². The van der Waals surface area contributed by atoms with Crippen LogP contribution in [0.25, 0.3) is 0 Å². The molecule has 4 rings (SSSR count). The number of aliphatic hydroxyl groups is 1. The molecule has 1 saturated heterocycles. The maximum absolute atomic E-state index is 12.6. The molecule has 8 nitrogen and oxygen atoms in total. The number of methoxy groups -OCH3 is 1. The van der Waals surface area contributed by atoms with Crippen LogP contribution in [0.2, 0.25) is 0 Å². The molecule has 224 valence electrons. The molecule has 0 aromatic heterocycles. The van der Waals surface area contributed by atoms with Crippen LogP contribution >= 0.6 is 11.8 Å². The van der Waals surface area contributed by atoms with Crippen molar-refractivity contribution in [3.63, 3.8) is 0 Å². The number of carbonyl (C=O) groups excluding carboxylic acids is 2. The number of amides is 2. The number of unbranched alkanes of at least 4 members (excludes halogenated alkanes) is 2. The Balaban J connectivity index is 1.42. The zero-order valence-electron chi connectivity index (χ0n) is 24.2. The minimum absolute atomic E-state index is 0.00863. The molecular weight excluding hydrogens is 552 g/mol. The summed E-state index contributed by atoms with van der Waals surface area (Å²) in [6, 6.07) is 23.4. The van der Waals surface area contributed by atoms with E-state index in [2.05, 4.69) is 10.6 Å². The quantitative estimate of drug-likeness (QED) is 0.152. The Hall–Kier alpha value is -3.37. The van der Waals surface area contributed by atoms with Crippen molar-refractivity contribution in [1.29, 1.82) is 0 Å². The molecule has 3 atom stereocenters. The first-order valence-corrected chi connectivity index (χ1v) is 15.3. The fourth-order valence-electron chi connectivity index (χ4n) is 4.78. The lowest BCUT2D eigenvalue weighted by molar-refractivity contribution is -0.245. The van der Waals surface area contributed by atoms with Crippen molar-refractivity contribution >= 4 is 29.3 Å². The highest BCUT2D eigenvalue weighted by atomic mass is 32.2. The molecule has 0 spiro atoms. The number of hydrogen-bond donors (Lipinski definition) is 3. The van der Waals surface area contributed by atoms with Crippen molar-refractivity contribution < 1.29 is 28.9 Å². The van der Waals surface area contributed by atoms with Gasteiger partial charge < -0.3 is 30.0 Å². The minimum Gasteiger partial charge on any atom is -0.496 e. The SMILES string of the molecule is COc1ccccc1SC[C@H]1C[C@@H](c2ccc(CO)cc2)O[C@@H](c2cccc(NC(=O)CCCCCNC(C)=O)c2)O1. The van der Waals surface area contributed by atoms with Gasteiger partial charge in [0.05, 0.1) is 25.9 Å². The van der Waals surface area contributed by atoms with E-state index in [0.717, 1.165) is 46.6 Å². The van der Waals surface area contributed by atoms with Crippen LogP contribution in [0.15, 0.2) is 77.7 Å². The molecule has 1 aliphatic rings. The Bertz CT molecular complexity index is 1300. The molecule has 3 aromatic carbocycles. The van der Waals surface area contributed by atoms with Gasteiger partial charge in [-0.25, -0.2) is 0 Å². The molecule has 0 aliphatic carbocycles. The van der Waals surface area contributed by atoms with Gasteiger partial charge in [0.2, 0.25) is 11.8 Å². The van der Waals surface area contributed by atoms with Crippen molar-refractivity contribution in [2.45, 2.75) is 69.0 Å². The van der Waals surface area contributed by atoms with Gasteiger partial charge in [0.1, 0.15) is 5.75 Å². The summed E-state index contributed by atoms with van der Waals surface area (Å²) in [5.41, 5.74) is 3.39. The summed E-state index contributed by atoms with van der Waals surface area (Å²) in [7, 11) is 1.67. The topological polar surface area (TPSA) is 106 Å². The van der Waals surface area contributed by atoms with Crippen LogP contribution in [0.4, 0.5) is 5.69 Å². The summed E-state index contributed by atoms with van der Waals surface area (Å²) in [4.78, 5) is 24.6. The molecular formula is C33H40N2O6S. The first-order valence-electron chi connectivity index (χ1n) is 14.4. The normalized spacial score (nSPS) is 18.3. The summed E-state index contributed by atoms with van der Waals surface area (Å²) in [6.45, 7) is 2.12. The van der Waals surface area contributed by atoms with Crippen molar-refractivity contribution in [3.05, 3.63) is 89.5 Å². The Morgan fingerprint density at radius 1 is 0.976 bits per heavy atom. The lowest BCUT2D eigenvalue weighted by atomic mass is 10.0. The fraction of sp³-hybridized carbons (Fsp3) is 0.394. The second-order valence-electron chi connectivity index (χ2n) is 10.3. The summed E-state index contributed by atoms with van der Waals surface area (Å²) in [6.07, 6.45) is 2.64. The number of rotatable bonds is 14. The molecule has 0 unspecified atom stereocenters. The highest BCUT2D eigenvalue weighted by Gasteiger charge is 2.32. The van der Waals surface area contributed by atoms with Gasteiger partial charge in [-0.3, -0.25) is 9.59 Å². The molecule has 3 aromatic rings. The van der Waals surface area contributed by atoms with E-state index in [1.165, 1.54) is 6.92 Å². The van der Waals surface area contributed by atoms with Crippen LogP contribution in [0.1, 0.15) is 68.1 Å². The second kappa shape index (κ2) is 16.3. The standard InChI is InChI=1S/C33H40N2O6S/c1-23(37)34-18-7-3-4-13-32(38)35-27-10-8-9-26(19-27)33-40-28(22-42-31-12-6-5-11-29(31)39-2)20-30(41-33)25-16-14-24(21-36)15-17-25/h5-6,8-12,14-17,19,28,30,33,36H,3-4,7,13,18,20-22H2,1-2H3,(H,34,37)(H,35,38)/t28-,30+,33+/m1/s1. The average molecular weight is 593 g/mol. The lowest BCUT2D eigenvalue weighted by Gasteiger charge is -2.36. The Morgan fingerprint density at radius 2 is 1.79 bits per heavy atom. The smallest absolute Gasteiger partial charge is 0.224 e. The van der Waals surface area contributed by atoms with Crippen LogP contribution in [0.3, 0.4) is 0 Å². The van der Waals surface area contributed by atoms with E-state index >= 15 is 0 Å². The summed E-state index contributed by atoms with van der Waals surface area (Å²) >= 11 is 1.69. The van der Waals surface area contributed by atoms with E-state index < -0.39 is 6.29 Å². The molecule has 0 bridgehead atoms. The number of carbonyl (C=O) groups is 2. The molecule has 1 aliphatic heterocycles. The van der Waals surface area contributed by atoms with Crippen LogP contribution in [0.5, 0.6) is 5.75 Å². The average Bonchev–Trinajstić information content (AvgIpc) is 3.01. The third kappa shape index (κ3) is 9.59. The van der Waals surface area contributed by atoms with Gasteiger partial charge >= 0.3 is 0 Å². The Kier molecular flexibility index (Phi) is 12.3. The molecule has 0 saturated carbocycles. The van der Waals surface area contributed by atoms with Crippen molar-refractivity contribution in [1.82, 2.24) is 5.32 Å². The van der Waals surface area contributed by atoms with Gasteiger partial charge in [-0.15, -0.1) is 11.8 Å². The molecule has 0 radical (unpaired) electrons. The van der Waals surface area contributed by atoms with E-state index in [1.807, 2.05) is 72.8 Å². The molecule has 1 fully saturated rings. The Morgan fingerprint density at radius 3 is 2.55 bits per heavy atom. The van der Waals surface area contributed by atoms with E-state index in [4.69, 9.17) is 14.2 Å². The molecule has 3 N–H and O–H groups in total. The predicted octanol–water partition coefficient (Wildman–Crippen LogP) is 6.16. The van der Waals surface area contributed by atoms with E-state index in [0.29, 0.717) is 30.8 Å². The summed E-state index contributed by atoms with van der Waals surface area (Å²) in [5, 5.41) is 15.2. The molecule has 42 heavy (non-hydrogen) atoms. The van der Waals surface area contributed by atoms with E-state index in [9.17, 15) is 14.7 Å². The Labute approximate surface area is 252 Å². The predicted molar refractivity (Wildman–Crippen MR) is 164 cm³/mol. The van der Waals surface area contributed by atoms with E-state index in [1.54, 1.807) is 18.9 Å². The molecule has 9 heteroatoms. The number of thioether (sulfide) groups is 1. The highest BCUT2D eigenvalue weighted by Crippen LogP contribution is 2.40. The third-order valence-electron chi connectivity index (χ3n) is 7.01. The summed E-state index contributed by atoms with van der Waals surface area (Å²) < 4.78 is 18.5. The van der Waals surface area contributed by atoms with Gasteiger partial charge in [0.15, 0.2) is 6.29 Å². The maximum Gasteiger partial charge on any atom is 0.224 e. The van der Waals surface area contributed by atoms with Gasteiger partial charge in [-0.05, 0) is 48.2 Å². The lowest BCUT2D eigenvalue weighted by Crippen LogP contribution is -2.31. The third-order valence-corrected chi connectivity index (χ3v) is 8.19. The highest BCUT2D eigenvalue weighted by molar-refractivity contribution is 7.99. The number of nitrogens with one attached hydrogen (secondary N) is 2. The number of anilines is 1. The fourth-order valence-corrected chi connectivity index (χ4v) is 5.83.